The molecule has 1 aliphatic carbocycles. The van der Waals surface area contributed by atoms with Crippen molar-refractivity contribution in [3.63, 3.8) is 0 Å². The summed E-state index contributed by atoms with van der Waals surface area (Å²) in [6, 6.07) is 24.3. The number of nitrogens with zero attached hydrogens (tertiary/aromatic N) is 1. The zero-order valence-electron chi connectivity index (χ0n) is 19.1. The molecule has 172 valence electrons. The topological polar surface area (TPSA) is 63.7 Å². The van der Waals surface area contributed by atoms with Crippen LogP contribution in [0.5, 0.6) is 5.75 Å². The predicted molar refractivity (Wildman–Crippen MR) is 131 cm³/mol. The van der Waals surface area contributed by atoms with E-state index in [1.165, 1.54) is 4.90 Å². The van der Waals surface area contributed by atoms with Gasteiger partial charge in [0, 0.05) is 11.6 Å². The van der Waals surface area contributed by atoms with Gasteiger partial charge in [-0.15, -0.1) is 0 Å². The van der Waals surface area contributed by atoms with E-state index in [4.69, 9.17) is 4.74 Å². The smallest absolute Gasteiger partial charge is 0.237 e. The number of ketones is 1. The third-order valence-corrected chi connectivity index (χ3v) is 6.95. The number of carbonyl (C=O) groups excluding carboxylic acids is 3. The summed E-state index contributed by atoms with van der Waals surface area (Å²) < 4.78 is 5.74. The Balaban J connectivity index is 1.25. The van der Waals surface area contributed by atoms with E-state index in [1.807, 2.05) is 42.5 Å². The molecule has 3 atom stereocenters. The van der Waals surface area contributed by atoms with Crippen LogP contribution in [-0.4, -0.2) is 24.2 Å². The third-order valence-electron chi connectivity index (χ3n) is 6.95. The second-order valence-electron chi connectivity index (χ2n) is 9.30. The maximum atomic E-state index is 13.0. The fraction of sp³-hybridized carbons (Fsp3) is 0.276. The molecule has 1 heterocycles. The fourth-order valence-electron chi connectivity index (χ4n) is 5.07. The highest BCUT2D eigenvalue weighted by Gasteiger charge is 2.50. The number of Topliss-reactive ketones (excluding diaryl/α,β-unsaturated/α-hetero) is 1. The fourth-order valence-corrected chi connectivity index (χ4v) is 5.07. The van der Waals surface area contributed by atoms with E-state index < -0.39 is 0 Å². The molecule has 34 heavy (non-hydrogen) atoms. The lowest BCUT2D eigenvalue weighted by molar-refractivity contribution is -0.122. The van der Waals surface area contributed by atoms with E-state index in [9.17, 15) is 14.4 Å². The Bertz CT molecular complexity index is 1220. The van der Waals surface area contributed by atoms with Crippen molar-refractivity contribution in [2.75, 3.05) is 11.5 Å². The van der Waals surface area contributed by atoms with Crippen LogP contribution in [0.2, 0.25) is 0 Å². The number of hydrogen-bond donors (Lipinski definition) is 0. The third kappa shape index (κ3) is 4.26. The van der Waals surface area contributed by atoms with Crippen LogP contribution >= 0.6 is 0 Å². The Hall–Kier alpha value is -3.73. The number of anilines is 1. The van der Waals surface area contributed by atoms with E-state index in [1.54, 1.807) is 36.4 Å². The Labute approximate surface area is 199 Å². The van der Waals surface area contributed by atoms with Crippen LogP contribution in [0, 0.1) is 17.8 Å². The summed E-state index contributed by atoms with van der Waals surface area (Å²) in [6.07, 6.45) is 2.51. The molecule has 2 fully saturated rings. The largest absolute Gasteiger partial charge is 0.485 e. The predicted octanol–water partition coefficient (Wildman–Crippen LogP) is 5.54. The minimum absolute atomic E-state index is 0.117. The van der Waals surface area contributed by atoms with Gasteiger partial charge in [-0.2, -0.15) is 0 Å². The zero-order valence-corrected chi connectivity index (χ0v) is 19.1. The molecule has 3 aromatic rings. The molecular formula is C29H27NO4. The summed E-state index contributed by atoms with van der Waals surface area (Å²) in [5, 5.41) is 0. The molecule has 2 amide bonds. The van der Waals surface area contributed by atoms with Crippen LogP contribution in [0.1, 0.15) is 36.5 Å². The Morgan fingerprint density at radius 2 is 1.56 bits per heavy atom. The van der Waals surface area contributed by atoms with Crippen LogP contribution in [0.25, 0.3) is 11.1 Å². The lowest BCUT2D eigenvalue weighted by Crippen LogP contribution is -2.30. The minimum atomic E-state index is -0.221. The summed E-state index contributed by atoms with van der Waals surface area (Å²) in [6.45, 7) is 2.01. The van der Waals surface area contributed by atoms with Crippen LogP contribution in [0.4, 0.5) is 5.69 Å². The van der Waals surface area contributed by atoms with Crippen molar-refractivity contribution in [1.82, 2.24) is 0 Å². The van der Waals surface area contributed by atoms with Crippen LogP contribution < -0.4 is 9.64 Å². The van der Waals surface area contributed by atoms with E-state index in [0.29, 0.717) is 22.9 Å². The lowest BCUT2D eigenvalue weighted by atomic mass is 9.76. The van der Waals surface area contributed by atoms with E-state index in [0.717, 1.165) is 30.4 Å². The first-order valence-corrected chi connectivity index (χ1v) is 11.8. The summed E-state index contributed by atoms with van der Waals surface area (Å²) in [5.41, 5.74) is 3.21. The molecule has 1 aliphatic heterocycles. The summed E-state index contributed by atoms with van der Waals surface area (Å²) in [4.78, 5) is 39.9. The number of benzene rings is 3. The van der Waals surface area contributed by atoms with Crippen molar-refractivity contribution >= 4 is 23.3 Å². The second-order valence-corrected chi connectivity index (χ2v) is 9.30. The summed E-state index contributed by atoms with van der Waals surface area (Å²) >= 11 is 0. The standard InChI is InChI=1S/C29H27NO4/c1-19-10-15-25-26(16-19)29(33)30(28(25)32)23-8-5-9-24(17-23)34-18-27(31)22-13-11-21(12-14-22)20-6-3-2-4-7-20/h2-9,11-14,17,19,25-26H,10,15-16,18H2,1H3/t19-,25-,26+/m1/s1. The molecule has 5 heteroatoms. The molecule has 1 saturated heterocycles. The summed E-state index contributed by atoms with van der Waals surface area (Å²) in [7, 11) is 0. The summed E-state index contributed by atoms with van der Waals surface area (Å²) in [5.74, 6) is 0.103. The Kier molecular flexibility index (Phi) is 6.01. The average Bonchev–Trinajstić information content (AvgIpc) is 3.12. The normalized spacial score (nSPS) is 21.9. The quantitative estimate of drug-likeness (QED) is 0.363. The van der Waals surface area contributed by atoms with Gasteiger partial charge in [0.15, 0.2) is 12.4 Å². The van der Waals surface area contributed by atoms with Gasteiger partial charge in [-0.1, -0.05) is 67.6 Å². The van der Waals surface area contributed by atoms with E-state index >= 15 is 0 Å². The highest BCUT2D eigenvalue weighted by molar-refractivity contribution is 6.22. The van der Waals surface area contributed by atoms with Crippen LogP contribution in [0.15, 0.2) is 78.9 Å². The Morgan fingerprint density at radius 1 is 0.853 bits per heavy atom. The Morgan fingerprint density at radius 3 is 2.32 bits per heavy atom. The first kappa shape index (κ1) is 22.1. The molecule has 5 rings (SSSR count). The number of rotatable bonds is 6. The van der Waals surface area contributed by atoms with Gasteiger partial charge in [0.2, 0.25) is 11.8 Å². The molecule has 0 aromatic heterocycles. The highest BCUT2D eigenvalue weighted by atomic mass is 16.5. The van der Waals surface area contributed by atoms with Crippen LogP contribution in [-0.2, 0) is 9.59 Å². The second kappa shape index (κ2) is 9.26. The van der Waals surface area contributed by atoms with Gasteiger partial charge in [-0.05, 0) is 48.4 Å². The zero-order chi connectivity index (χ0) is 23.7. The van der Waals surface area contributed by atoms with Crippen molar-refractivity contribution in [2.45, 2.75) is 26.2 Å². The maximum absolute atomic E-state index is 13.0. The lowest BCUT2D eigenvalue weighted by Gasteiger charge is -2.25. The van der Waals surface area contributed by atoms with E-state index in [-0.39, 0.29) is 36.0 Å². The number of amides is 2. The van der Waals surface area contributed by atoms with Gasteiger partial charge in [0.25, 0.3) is 0 Å². The number of ether oxygens (including phenoxy) is 1. The molecule has 0 unspecified atom stereocenters. The van der Waals surface area contributed by atoms with Gasteiger partial charge in [-0.3, -0.25) is 14.4 Å². The molecule has 0 N–H and O–H groups in total. The first-order valence-electron chi connectivity index (χ1n) is 11.8. The number of carbonyl (C=O) groups is 3. The van der Waals surface area contributed by atoms with Crippen molar-refractivity contribution in [3.05, 3.63) is 84.4 Å². The monoisotopic (exact) mass is 453 g/mol. The molecular weight excluding hydrogens is 426 g/mol. The van der Waals surface area contributed by atoms with Crippen molar-refractivity contribution in [3.8, 4) is 16.9 Å². The maximum Gasteiger partial charge on any atom is 0.237 e. The van der Waals surface area contributed by atoms with Crippen molar-refractivity contribution < 1.29 is 19.1 Å². The number of fused-ring (bicyclic) bond motifs is 1. The SMILES string of the molecule is C[C@@H]1CC[C@H]2C(=O)N(c3cccc(OCC(=O)c4ccc(-c5ccccc5)cc4)c3)C(=O)[C@H]2C1. The molecule has 3 aromatic carbocycles. The molecule has 1 saturated carbocycles. The van der Waals surface area contributed by atoms with Gasteiger partial charge >= 0.3 is 0 Å². The number of hydrogen-bond acceptors (Lipinski definition) is 4. The van der Waals surface area contributed by atoms with Gasteiger partial charge < -0.3 is 4.74 Å². The molecule has 5 nitrogen and oxygen atoms in total. The van der Waals surface area contributed by atoms with Gasteiger partial charge in [0.05, 0.1) is 17.5 Å². The van der Waals surface area contributed by atoms with Crippen LogP contribution in [0.3, 0.4) is 0 Å². The van der Waals surface area contributed by atoms with Crippen molar-refractivity contribution in [2.24, 2.45) is 17.8 Å². The minimum Gasteiger partial charge on any atom is -0.485 e. The highest BCUT2D eigenvalue weighted by Crippen LogP contribution is 2.42. The van der Waals surface area contributed by atoms with Crippen molar-refractivity contribution in [1.29, 1.82) is 0 Å². The molecule has 0 bridgehead atoms. The molecule has 0 spiro atoms. The first-order chi connectivity index (χ1) is 16.5. The average molecular weight is 454 g/mol. The van der Waals surface area contributed by atoms with Gasteiger partial charge in [-0.25, -0.2) is 4.90 Å². The van der Waals surface area contributed by atoms with E-state index in [2.05, 4.69) is 6.92 Å². The van der Waals surface area contributed by atoms with Gasteiger partial charge in [0.1, 0.15) is 5.75 Å². The molecule has 0 radical (unpaired) electrons. The molecule has 2 aliphatic rings. The number of imide groups is 1.